The standard InChI is InChI=1S/C35H55N10O21P3S2/c1-34(2,13-63-69(60,61)66-68(58,59)62-12-17-23(65-67(55,56)57)22(48)30(64-17)44-15-42-20-26(37)40-14-41-27(20)44)25(49)28(50)39-9-8-18(46)38-10-11-70-33(54)16(36)6-5-7-19(47)43-21-29(51)45-24(32(52)53)35(3,4)71-31(21)45/h14-17,21-25,30-31,48-49H,5-13,36H2,1-4H3,(H,38,46)(H,39,50)(H,43,47)(H,52,53)(H,58,59)(H,60,61)(H2,37,40,41)(H2,55,56,57). The van der Waals surface area contributed by atoms with Crippen molar-refractivity contribution in [1.29, 1.82) is 0 Å². The smallest absolute Gasteiger partial charge is 0.480 e. The number of carboxylic acids is 1. The molecule has 2 aromatic rings. The number of nitrogen functional groups attached to an aromatic ring is 1. The number of hydrogen-bond acceptors (Lipinski definition) is 23. The molecule has 31 nitrogen and oxygen atoms in total. The van der Waals surface area contributed by atoms with Crippen molar-refractivity contribution in [3.8, 4) is 0 Å². The largest absolute Gasteiger partial charge is 0.481 e. The third-order valence-electron chi connectivity index (χ3n) is 11.0. The Morgan fingerprint density at radius 1 is 1.01 bits per heavy atom. The Hall–Kier alpha value is -3.72. The van der Waals surface area contributed by atoms with E-state index in [9.17, 15) is 77.4 Å². The third kappa shape index (κ3) is 15.0. The van der Waals surface area contributed by atoms with Crippen molar-refractivity contribution in [2.75, 3.05) is 37.8 Å². The molecule has 11 atom stereocenters. The van der Waals surface area contributed by atoms with Crippen LogP contribution in [-0.2, 0) is 65.1 Å². The minimum absolute atomic E-state index is 0.0104. The first kappa shape index (κ1) is 58.2. The second-order valence-corrected chi connectivity index (χ2v) is 24.5. The van der Waals surface area contributed by atoms with Crippen molar-refractivity contribution in [1.82, 2.24) is 40.4 Å². The van der Waals surface area contributed by atoms with E-state index >= 15 is 0 Å². The minimum atomic E-state index is -5.62. The summed E-state index contributed by atoms with van der Waals surface area (Å²) in [5, 5.41) is 37.7. The van der Waals surface area contributed by atoms with Gasteiger partial charge in [0.15, 0.2) is 17.7 Å². The highest BCUT2D eigenvalue weighted by atomic mass is 32.2. The number of carbonyl (C=O) groups is 6. The van der Waals surface area contributed by atoms with Gasteiger partial charge in [0.05, 0.1) is 25.6 Å². The Morgan fingerprint density at radius 2 is 1.69 bits per heavy atom. The molecule has 0 aliphatic carbocycles. The average Bonchev–Trinajstić information content (AvgIpc) is 3.91. The molecule has 36 heteroatoms. The van der Waals surface area contributed by atoms with Gasteiger partial charge in [-0.3, -0.25) is 42.1 Å². The van der Waals surface area contributed by atoms with Crippen LogP contribution < -0.4 is 27.4 Å². The maximum atomic E-state index is 12.8. The molecule has 0 aromatic carbocycles. The zero-order chi connectivity index (χ0) is 53.0. The van der Waals surface area contributed by atoms with Gasteiger partial charge >= 0.3 is 29.4 Å². The Balaban J connectivity index is 0.961. The molecule has 0 spiro atoms. The lowest BCUT2D eigenvalue weighted by Gasteiger charge is -2.43. The van der Waals surface area contributed by atoms with E-state index in [2.05, 4.69) is 39.7 Å². The van der Waals surface area contributed by atoms with Crippen molar-refractivity contribution in [2.45, 2.75) is 112 Å². The van der Waals surface area contributed by atoms with Crippen LogP contribution in [0, 0.1) is 5.41 Å². The number of ether oxygens (including phenoxy) is 1. The molecule has 0 saturated carbocycles. The normalized spacial score (nSPS) is 25.6. The number of nitrogens with one attached hydrogen (secondary N) is 3. The van der Waals surface area contributed by atoms with E-state index in [-0.39, 0.29) is 61.5 Å². The molecule has 4 amide bonds. The summed E-state index contributed by atoms with van der Waals surface area (Å²) in [5.74, 6) is -3.56. The summed E-state index contributed by atoms with van der Waals surface area (Å²) in [4.78, 5) is 127. The number of amides is 4. The Kier molecular flexibility index (Phi) is 19.0. The lowest BCUT2D eigenvalue weighted by molar-refractivity contribution is -0.161. The highest BCUT2D eigenvalue weighted by molar-refractivity contribution is 8.13. The number of aliphatic hydroxyl groups is 2. The van der Waals surface area contributed by atoms with Crippen LogP contribution in [0.2, 0.25) is 0 Å². The molecule has 3 saturated heterocycles. The Morgan fingerprint density at radius 3 is 2.35 bits per heavy atom. The zero-order valence-corrected chi connectivity index (χ0v) is 42.4. The first-order chi connectivity index (χ1) is 32.8. The molecule has 71 heavy (non-hydrogen) atoms. The number of aliphatic hydroxyl groups excluding tert-OH is 2. The number of thioether (sulfide) groups is 2. The number of anilines is 1. The van der Waals surface area contributed by atoms with Gasteiger partial charge < -0.3 is 71.9 Å². The first-order valence-electron chi connectivity index (χ1n) is 21.2. The number of aromatic nitrogens is 4. The van der Waals surface area contributed by atoms with Crippen molar-refractivity contribution in [2.24, 2.45) is 11.1 Å². The fraction of sp³-hybridized carbons (Fsp3) is 0.686. The molecule has 3 aliphatic heterocycles. The molecule has 2 aromatic heterocycles. The van der Waals surface area contributed by atoms with Crippen LogP contribution in [0.4, 0.5) is 5.82 Å². The van der Waals surface area contributed by atoms with Gasteiger partial charge in [-0.2, -0.15) is 4.31 Å². The van der Waals surface area contributed by atoms with Gasteiger partial charge in [-0.15, -0.1) is 11.8 Å². The summed E-state index contributed by atoms with van der Waals surface area (Å²) in [5.41, 5.74) is 10.1. The zero-order valence-electron chi connectivity index (χ0n) is 38.1. The number of phosphoric ester groups is 3. The number of imidazole rings is 1. The number of aliphatic carboxylic acids is 1. The topological polar surface area (TPSA) is 476 Å². The van der Waals surface area contributed by atoms with Crippen molar-refractivity contribution < 1.29 is 100.0 Å². The summed E-state index contributed by atoms with van der Waals surface area (Å²) >= 11 is 2.14. The summed E-state index contributed by atoms with van der Waals surface area (Å²) in [6.45, 7) is 3.52. The Labute approximate surface area is 411 Å². The number of phosphoric acid groups is 3. The van der Waals surface area contributed by atoms with E-state index in [0.29, 0.717) is 0 Å². The molecule has 3 fully saturated rings. The van der Waals surface area contributed by atoms with E-state index in [1.54, 1.807) is 13.8 Å². The number of fused-ring (bicyclic) bond motifs is 2. The summed E-state index contributed by atoms with van der Waals surface area (Å²) in [7, 11) is -16.5. The van der Waals surface area contributed by atoms with E-state index in [4.69, 9.17) is 25.3 Å². The van der Waals surface area contributed by atoms with Crippen molar-refractivity contribution in [3.05, 3.63) is 12.7 Å². The predicted octanol–water partition coefficient (Wildman–Crippen LogP) is -2.21. The van der Waals surface area contributed by atoms with Gasteiger partial charge in [-0.25, -0.2) is 33.4 Å². The first-order valence-corrected chi connectivity index (χ1v) is 27.6. The second-order valence-electron chi connectivity index (χ2n) is 17.4. The summed E-state index contributed by atoms with van der Waals surface area (Å²) in [6, 6.07) is -2.79. The van der Waals surface area contributed by atoms with E-state index in [1.165, 1.54) is 30.5 Å². The van der Waals surface area contributed by atoms with Gasteiger partial charge in [-0.1, -0.05) is 25.6 Å². The molecular weight excluding hydrogens is 1050 g/mol. The molecule has 3 aliphatic rings. The highest BCUT2D eigenvalue weighted by Crippen LogP contribution is 2.61. The van der Waals surface area contributed by atoms with Crippen LogP contribution in [0.5, 0.6) is 0 Å². The quantitative estimate of drug-likeness (QED) is 0.0270. The van der Waals surface area contributed by atoms with Gasteiger partial charge in [0.25, 0.3) is 0 Å². The van der Waals surface area contributed by atoms with Gasteiger partial charge in [0.2, 0.25) is 28.7 Å². The lowest BCUT2D eigenvalue weighted by atomic mass is 9.87. The highest BCUT2D eigenvalue weighted by Gasteiger charge is 2.64. The number of nitrogens with zero attached hydrogens (tertiary/aromatic N) is 5. The fourth-order valence-electron chi connectivity index (χ4n) is 7.38. The second kappa shape index (κ2) is 23.2. The van der Waals surface area contributed by atoms with Crippen molar-refractivity contribution in [3.63, 3.8) is 0 Å². The van der Waals surface area contributed by atoms with Crippen molar-refractivity contribution >= 4 is 98.7 Å². The molecule has 11 unspecified atom stereocenters. The molecule has 5 rings (SSSR count). The maximum Gasteiger partial charge on any atom is 0.481 e. The van der Waals surface area contributed by atoms with Crippen LogP contribution in [0.15, 0.2) is 12.7 Å². The monoisotopic (exact) mass is 1110 g/mol. The van der Waals surface area contributed by atoms with Crippen LogP contribution in [0.25, 0.3) is 11.2 Å². The van der Waals surface area contributed by atoms with E-state index in [1.807, 2.05) is 0 Å². The van der Waals surface area contributed by atoms with E-state index < -0.39 is 136 Å². The van der Waals surface area contributed by atoms with Gasteiger partial charge in [0, 0.05) is 41.8 Å². The van der Waals surface area contributed by atoms with E-state index in [0.717, 1.165) is 29.0 Å². The lowest BCUT2D eigenvalue weighted by Crippen LogP contribution is -2.70. The molecule has 14 N–H and O–H groups in total. The average molecular weight is 1110 g/mol. The SMILES string of the molecule is CC(C)(COP(=O)(O)OP(=O)(O)OCC1OC(n2cnc3c(N)ncnc32)C(O)C1OP(=O)(O)O)C(O)C(=O)NCCC(=O)NCCSC(=O)C(N)CCCC(=O)NC1C(=O)N2C1SC(C)(C)C2C(=O)O. The number of rotatable bonds is 26. The predicted molar refractivity (Wildman–Crippen MR) is 245 cm³/mol. The van der Waals surface area contributed by atoms with Gasteiger partial charge in [-0.05, 0) is 26.7 Å². The van der Waals surface area contributed by atoms with Gasteiger partial charge in [0.1, 0.15) is 53.7 Å². The third-order valence-corrected chi connectivity index (χ3v) is 16.6. The van der Waals surface area contributed by atoms with Crippen LogP contribution in [-0.4, -0.2) is 179 Å². The maximum absolute atomic E-state index is 12.8. The van der Waals surface area contributed by atoms with Crippen LogP contribution in [0.1, 0.15) is 59.6 Å². The summed E-state index contributed by atoms with van der Waals surface area (Å²) in [6.07, 6.45) is -6.88. The van der Waals surface area contributed by atoms with Crippen LogP contribution >= 0.6 is 47.0 Å². The number of carboxylic acid groups (broad SMARTS) is 1. The number of β-lactam (4-membered cyclic amide) rings is 1. The molecular formula is C35H55N10O21P3S2. The minimum Gasteiger partial charge on any atom is -0.480 e. The van der Waals surface area contributed by atoms with Crippen LogP contribution in [0.3, 0.4) is 0 Å². The molecule has 0 radical (unpaired) electrons. The molecule has 5 heterocycles. The molecule has 398 valence electrons. The Bertz CT molecular complexity index is 2480. The number of nitrogens with two attached hydrogens (primary N) is 2. The molecule has 0 bridgehead atoms. The number of hydrogen-bond donors (Lipinski definition) is 12. The number of carbonyl (C=O) groups excluding carboxylic acids is 5. The fourth-order valence-corrected chi connectivity index (χ4v) is 12.6. The summed E-state index contributed by atoms with van der Waals surface area (Å²) < 4.78 is 61.6.